The third-order valence-electron chi connectivity index (χ3n) is 4.69. The minimum atomic E-state index is 0.283. The van der Waals surface area contributed by atoms with Crippen LogP contribution in [0.4, 0.5) is 0 Å². The molecule has 0 unspecified atom stereocenters. The SMILES string of the molecule is C/C=C(\C=C/CC)c1c(C)c2ccc(CCCCO)cc2n1CC. The number of allylic oxidation sites excluding steroid dienone is 4. The second-order valence-electron chi connectivity index (χ2n) is 6.30. The number of aromatic nitrogens is 1. The minimum Gasteiger partial charge on any atom is -0.396 e. The van der Waals surface area contributed by atoms with Gasteiger partial charge in [0, 0.05) is 24.1 Å². The van der Waals surface area contributed by atoms with Gasteiger partial charge >= 0.3 is 0 Å². The van der Waals surface area contributed by atoms with Crippen molar-refractivity contribution in [3.05, 3.63) is 53.2 Å². The predicted octanol–water partition coefficient (Wildman–Crippen LogP) is 5.65. The van der Waals surface area contributed by atoms with Crippen molar-refractivity contribution in [1.29, 1.82) is 0 Å². The number of aliphatic hydroxyl groups excluding tert-OH is 1. The first-order valence-corrected chi connectivity index (χ1v) is 9.23. The van der Waals surface area contributed by atoms with E-state index in [0.717, 1.165) is 32.2 Å². The molecule has 2 aromatic rings. The van der Waals surface area contributed by atoms with Crippen molar-refractivity contribution in [2.24, 2.45) is 0 Å². The van der Waals surface area contributed by atoms with E-state index in [4.69, 9.17) is 5.11 Å². The lowest BCUT2D eigenvalue weighted by atomic mass is 10.0. The highest BCUT2D eigenvalue weighted by Crippen LogP contribution is 2.32. The summed E-state index contributed by atoms with van der Waals surface area (Å²) in [6.45, 7) is 10.00. The molecule has 1 aromatic carbocycles. The van der Waals surface area contributed by atoms with Crippen LogP contribution in [0.3, 0.4) is 0 Å². The lowest BCUT2D eigenvalue weighted by molar-refractivity contribution is 0.284. The molecule has 1 N–H and O–H groups in total. The highest BCUT2D eigenvalue weighted by atomic mass is 16.2. The summed E-state index contributed by atoms with van der Waals surface area (Å²) in [6.07, 6.45) is 10.7. The number of rotatable bonds is 8. The van der Waals surface area contributed by atoms with Crippen LogP contribution in [-0.2, 0) is 13.0 Å². The maximum absolute atomic E-state index is 8.98. The predicted molar refractivity (Wildman–Crippen MR) is 105 cm³/mol. The van der Waals surface area contributed by atoms with E-state index in [1.807, 2.05) is 0 Å². The topological polar surface area (TPSA) is 25.2 Å². The van der Waals surface area contributed by atoms with Gasteiger partial charge in [0.25, 0.3) is 0 Å². The van der Waals surface area contributed by atoms with Gasteiger partial charge in [0.1, 0.15) is 0 Å². The zero-order valence-electron chi connectivity index (χ0n) is 15.6. The summed E-state index contributed by atoms with van der Waals surface area (Å²) in [6, 6.07) is 6.85. The average Bonchev–Trinajstić information content (AvgIpc) is 2.88. The summed E-state index contributed by atoms with van der Waals surface area (Å²) in [5.41, 5.74) is 6.70. The van der Waals surface area contributed by atoms with Crippen molar-refractivity contribution in [2.45, 2.75) is 59.9 Å². The molecule has 0 spiro atoms. The fourth-order valence-corrected chi connectivity index (χ4v) is 3.42. The van der Waals surface area contributed by atoms with E-state index >= 15 is 0 Å². The van der Waals surface area contributed by atoms with Gasteiger partial charge in [0.2, 0.25) is 0 Å². The van der Waals surface area contributed by atoms with Gasteiger partial charge in [-0.05, 0) is 69.2 Å². The van der Waals surface area contributed by atoms with Crippen LogP contribution < -0.4 is 0 Å². The van der Waals surface area contributed by atoms with Crippen molar-refractivity contribution in [3.63, 3.8) is 0 Å². The molecular formula is C22H31NO. The molecule has 2 heteroatoms. The van der Waals surface area contributed by atoms with Crippen molar-refractivity contribution in [3.8, 4) is 0 Å². The van der Waals surface area contributed by atoms with Crippen LogP contribution in [-0.4, -0.2) is 16.3 Å². The largest absolute Gasteiger partial charge is 0.396 e. The fraction of sp³-hybridized carbons (Fsp3) is 0.455. The Labute approximate surface area is 146 Å². The Hall–Kier alpha value is -1.80. The molecule has 0 amide bonds. The third-order valence-corrected chi connectivity index (χ3v) is 4.69. The summed E-state index contributed by atoms with van der Waals surface area (Å²) < 4.78 is 2.44. The van der Waals surface area contributed by atoms with Gasteiger partial charge in [-0.25, -0.2) is 0 Å². The number of aryl methyl sites for hydroxylation is 3. The van der Waals surface area contributed by atoms with E-state index in [9.17, 15) is 0 Å². The standard InChI is InChI=1S/C22H31NO/c1-5-8-12-19(6-2)22-17(4)20-14-13-18(11-9-10-15-24)16-21(20)23(22)7-3/h6,8,12-14,16,24H,5,7,9-11,15H2,1-4H3/b12-8-,19-6+. The zero-order valence-corrected chi connectivity index (χ0v) is 15.6. The van der Waals surface area contributed by atoms with Gasteiger partial charge in [-0.3, -0.25) is 0 Å². The van der Waals surface area contributed by atoms with Gasteiger partial charge in [0.05, 0.1) is 5.69 Å². The Morgan fingerprint density at radius 3 is 2.62 bits per heavy atom. The highest BCUT2D eigenvalue weighted by Gasteiger charge is 2.15. The maximum atomic E-state index is 8.98. The number of fused-ring (bicyclic) bond motifs is 1. The Kier molecular flexibility index (Phi) is 6.86. The fourth-order valence-electron chi connectivity index (χ4n) is 3.42. The number of aliphatic hydroxyl groups is 1. The Balaban J connectivity index is 2.52. The van der Waals surface area contributed by atoms with Gasteiger partial charge in [-0.2, -0.15) is 0 Å². The molecule has 0 fully saturated rings. The Morgan fingerprint density at radius 1 is 1.21 bits per heavy atom. The van der Waals surface area contributed by atoms with Crippen LogP contribution in [0.25, 0.3) is 16.5 Å². The molecule has 0 saturated heterocycles. The van der Waals surface area contributed by atoms with E-state index in [-0.39, 0.29) is 6.61 Å². The molecule has 0 aliphatic carbocycles. The van der Waals surface area contributed by atoms with Gasteiger partial charge in [0.15, 0.2) is 0 Å². The molecule has 1 heterocycles. The van der Waals surface area contributed by atoms with E-state index < -0.39 is 0 Å². The molecule has 0 saturated carbocycles. The zero-order chi connectivity index (χ0) is 17.5. The smallest absolute Gasteiger partial charge is 0.0517 e. The van der Waals surface area contributed by atoms with Crippen molar-refractivity contribution >= 4 is 16.5 Å². The third kappa shape index (κ3) is 3.81. The van der Waals surface area contributed by atoms with Crippen molar-refractivity contribution in [1.82, 2.24) is 4.57 Å². The first kappa shape index (κ1) is 18.5. The minimum absolute atomic E-state index is 0.283. The number of benzene rings is 1. The Morgan fingerprint density at radius 2 is 2.00 bits per heavy atom. The molecule has 1 aromatic heterocycles. The maximum Gasteiger partial charge on any atom is 0.0517 e. The monoisotopic (exact) mass is 325 g/mol. The highest BCUT2D eigenvalue weighted by molar-refractivity contribution is 5.92. The second kappa shape index (κ2) is 8.89. The summed E-state index contributed by atoms with van der Waals surface area (Å²) >= 11 is 0. The van der Waals surface area contributed by atoms with E-state index in [0.29, 0.717) is 0 Å². The first-order valence-electron chi connectivity index (χ1n) is 9.23. The number of nitrogens with zero attached hydrogens (tertiary/aromatic N) is 1. The number of hydrogen-bond acceptors (Lipinski definition) is 1. The molecular weight excluding hydrogens is 294 g/mol. The summed E-state index contributed by atoms with van der Waals surface area (Å²) in [4.78, 5) is 0. The molecule has 130 valence electrons. The molecule has 2 nitrogen and oxygen atoms in total. The quantitative estimate of drug-likeness (QED) is 0.492. The van der Waals surface area contributed by atoms with Crippen LogP contribution in [0.5, 0.6) is 0 Å². The number of unbranched alkanes of at least 4 members (excludes halogenated alkanes) is 1. The summed E-state index contributed by atoms with van der Waals surface area (Å²) in [5, 5.41) is 10.3. The van der Waals surface area contributed by atoms with Gasteiger partial charge < -0.3 is 9.67 Å². The lowest BCUT2D eigenvalue weighted by Crippen LogP contribution is -2.00. The van der Waals surface area contributed by atoms with Gasteiger partial charge in [-0.15, -0.1) is 0 Å². The number of hydrogen-bond donors (Lipinski definition) is 1. The lowest BCUT2D eigenvalue weighted by Gasteiger charge is -2.10. The molecule has 0 aliphatic heterocycles. The van der Waals surface area contributed by atoms with E-state index in [1.165, 1.54) is 33.3 Å². The summed E-state index contributed by atoms with van der Waals surface area (Å²) in [7, 11) is 0. The average molecular weight is 325 g/mol. The summed E-state index contributed by atoms with van der Waals surface area (Å²) in [5.74, 6) is 0. The molecule has 0 aliphatic rings. The molecule has 0 radical (unpaired) electrons. The normalized spacial score (nSPS) is 12.6. The van der Waals surface area contributed by atoms with Crippen LogP contribution >= 0.6 is 0 Å². The first-order chi connectivity index (χ1) is 11.7. The van der Waals surface area contributed by atoms with Gasteiger partial charge in [-0.1, -0.05) is 37.3 Å². The van der Waals surface area contributed by atoms with Crippen LogP contribution in [0.1, 0.15) is 56.9 Å². The molecule has 0 bridgehead atoms. The molecule has 24 heavy (non-hydrogen) atoms. The van der Waals surface area contributed by atoms with E-state index in [2.05, 4.69) is 68.7 Å². The molecule has 2 rings (SSSR count). The van der Waals surface area contributed by atoms with Crippen LogP contribution in [0.2, 0.25) is 0 Å². The second-order valence-corrected chi connectivity index (χ2v) is 6.30. The van der Waals surface area contributed by atoms with Crippen LogP contribution in [0, 0.1) is 6.92 Å². The van der Waals surface area contributed by atoms with E-state index in [1.54, 1.807) is 0 Å². The van der Waals surface area contributed by atoms with Crippen molar-refractivity contribution < 1.29 is 5.11 Å². The molecule has 0 atom stereocenters. The van der Waals surface area contributed by atoms with Crippen LogP contribution in [0.15, 0.2) is 36.4 Å². The van der Waals surface area contributed by atoms with Crippen molar-refractivity contribution in [2.75, 3.05) is 6.61 Å². The Bertz CT molecular complexity index is 734.